The highest BCUT2D eigenvalue weighted by Gasteiger charge is 2.30. The second-order valence-corrected chi connectivity index (χ2v) is 10.4. The first-order valence-corrected chi connectivity index (χ1v) is 12.4. The number of benzene rings is 1. The number of amides is 1. The second kappa shape index (κ2) is 9.26. The minimum absolute atomic E-state index is 0.0633. The molecule has 160 valence electrons. The zero-order valence-corrected chi connectivity index (χ0v) is 19.9. The Balaban J connectivity index is 1.84. The summed E-state index contributed by atoms with van der Waals surface area (Å²) in [7, 11) is -0.886. The molecule has 1 saturated carbocycles. The first-order chi connectivity index (χ1) is 14.2. The van der Waals surface area contributed by atoms with Gasteiger partial charge in [-0.25, -0.2) is 14.2 Å². The molecule has 1 aromatic carbocycles. The van der Waals surface area contributed by atoms with Crippen molar-refractivity contribution in [3.05, 3.63) is 40.5 Å². The number of rotatable bonds is 7. The van der Waals surface area contributed by atoms with Gasteiger partial charge >= 0.3 is 0 Å². The molecule has 30 heavy (non-hydrogen) atoms. The predicted octanol–water partition coefficient (Wildman–Crippen LogP) is 4.95. The monoisotopic (exact) mass is 492 g/mol. The van der Waals surface area contributed by atoms with Crippen LogP contribution in [0, 0.1) is 12.8 Å². The standard InChI is InChI=1S/C21H25BrN4O3S/c1-5-26(3)13-23-19-12-18(22)21(24-14(19)2)29-16-7-6-8-17(11-16)30(4,28)25-20(27)15-9-10-15/h6-8,11-13,15H,5,9-10H2,1-4H3/b23-13+. The maximum atomic E-state index is 13.0. The van der Waals surface area contributed by atoms with Gasteiger partial charge in [0.25, 0.3) is 5.91 Å². The average molecular weight is 493 g/mol. The van der Waals surface area contributed by atoms with Crippen molar-refractivity contribution < 1.29 is 13.7 Å². The third-order valence-electron chi connectivity index (χ3n) is 4.65. The summed E-state index contributed by atoms with van der Waals surface area (Å²) in [5.74, 6) is 0.497. The number of hydrogen-bond donors (Lipinski definition) is 0. The lowest BCUT2D eigenvalue weighted by atomic mass is 10.3. The molecular formula is C21H25BrN4O3S. The number of pyridine rings is 1. The van der Waals surface area contributed by atoms with E-state index in [2.05, 4.69) is 30.3 Å². The summed E-state index contributed by atoms with van der Waals surface area (Å²) < 4.78 is 23.5. The molecule has 9 heteroatoms. The van der Waals surface area contributed by atoms with Crippen molar-refractivity contribution in [2.45, 2.75) is 31.6 Å². The van der Waals surface area contributed by atoms with Crippen molar-refractivity contribution in [2.75, 3.05) is 19.8 Å². The van der Waals surface area contributed by atoms with E-state index in [1.807, 2.05) is 31.9 Å². The summed E-state index contributed by atoms with van der Waals surface area (Å²) in [6.45, 7) is 4.76. The molecule has 0 saturated heterocycles. The number of ether oxygens (including phenoxy) is 1. The molecule has 1 atom stereocenters. The van der Waals surface area contributed by atoms with Gasteiger partial charge in [-0.1, -0.05) is 6.07 Å². The van der Waals surface area contributed by atoms with Gasteiger partial charge in [-0.2, -0.15) is 4.36 Å². The van der Waals surface area contributed by atoms with Crippen LogP contribution in [0.3, 0.4) is 0 Å². The van der Waals surface area contributed by atoms with E-state index < -0.39 is 9.73 Å². The van der Waals surface area contributed by atoms with Crippen molar-refractivity contribution in [3.8, 4) is 11.6 Å². The van der Waals surface area contributed by atoms with E-state index in [9.17, 15) is 9.00 Å². The number of aliphatic imine (C=N–C) groups is 1. The molecule has 1 heterocycles. The number of aromatic nitrogens is 1. The Morgan fingerprint density at radius 3 is 2.80 bits per heavy atom. The molecule has 0 spiro atoms. The van der Waals surface area contributed by atoms with E-state index in [4.69, 9.17) is 4.74 Å². The summed E-state index contributed by atoms with van der Waals surface area (Å²) in [5, 5.41) is 0. The van der Waals surface area contributed by atoms with Crippen LogP contribution < -0.4 is 4.74 Å². The lowest BCUT2D eigenvalue weighted by molar-refractivity contribution is -0.118. The molecule has 1 unspecified atom stereocenters. The minimum Gasteiger partial charge on any atom is -0.438 e. The Hall–Kier alpha value is -2.26. The Bertz CT molecular complexity index is 1110. The van der Waals surface area contributed by atoms with Crippen molar-refractivity contribution >= 4 is 43.6 Å². The van der Waals surface area contributed by atoms with Gasteiger partial charge in [-0.15, -0.1) is 0 Å². The number of carbonyl (C=O) groups excluding carboxylic acids is 1. The van der Waals surface area contributed by atoms with E-state index in [0.29, 0.717) is 21.0 Å². The lowest BCUT2D eigenvalue weighted by Gasteiger charge is -2.12. The molecule has 1 aromatic heterocycles. The number of hydrogen-bond acceptors (Lipinski definition) is 5. The van der Waals surface area contributed by atoms with Crippen molar-refractivity contribution in [1.82, 2.24) is 9.88 Å². The normalized spacial score (nSPS) is 15.6. The SMILES string of the molecule is CCN(C)/C=N/c1cc(Br)c(Oc2cccc(S(C)(=O)=NC(=O)C3CC3)c2)nc1C. The predicted molar refractivity (Wildman–Crippen MR) is 122 cm³/mol. The smallest absolute Gasteiger partial charge is 0.257 e. The molecule has 0 bridgehead atoms. The summed E-state index contributed by atoms with van der Waals surface area (Å²) in [6, 6.07) is 8.64. The van der Waals surface area contributed by atoms with Gasteiger partial charge in [0.15, 0.2) is 0 Å². The summed E-state index contributed by atoms with van der Waals surface area (Å²) >= 11 is 3.48. The van der Waals surface area contributed by atoms with Crippen LogP contribution in [-0.2, 0) is 14.5 Å². The third kappa shape index (κ3) is 5.66. The second-order valence-electron chi connectivity index (χ2n) is 7.28. The Kier molecular flexibility index (Phi) is 6.92. The van der Waals surface area contributed by atoms with Crippen LogP contribution in [0.1, 0.15) is 25.5 Å². The number of aryl methyl sites for hydroxylation is 1. The van der Waals surface area contributed by atoms with Crippen molar-refractivity contribution in [2.24, 2.45) is 15.3 Å². The minimum atomic E-state index is -2.83. The van der Waals surface area contributed by atoms with Gasteiger partial charge < -0.3 is 9.64 Å². The van der Waals surface area contributed by atoms with Gasteiger partial charge in [0.1, 0.15) is 5.75 Å². The average Bonchev–Trinajstić information content (AvgIpc) is 3.54. The van der Waals surface area contributed by atoms with Crippen LogP contribution in [0.15, 0.2) is 49.1 Å². The quantitative estimate of drug-likeness (QED) is 0.403. The number of halogens is 1. The van der Waals surface area contributed by atoms with Gasteiger partial charge in [0.05, 0.1) is 36.8 Å². The van der Waals surface area contributed by atoms with Crippen molar-refractivity contribution in [1.29, 1.82) is 0 Å². The molecule has 1 aliphatic carbocycles. The van der Waals surface area contributed by atoms with Crippen LogP contribution >= 0.6 is 15.9 Å². The lowest BCUT2D eigenvalue weighted by Crippen LogP contribution is -2.14. The molecule has 3 rings (SSSR count). The van der Waals surface area contributed by atoms with Crippen LogP contribution in [0.2, 0.25) is 0 Å². The highest BCUT2D eigenvalue weighted by molar-refractivity contribution is 9.10. The first-order valence-electron chi connectivity index (χ1n) is 9.65. The first kappa shape index (κ1) is 22.4. The molecule has 0 N–H and O–H groups in total. The van der Waals surface area contributed by atoms with Gasteiger partial charge in [0.2, 0.25) is 5.88 Å². The van der Waals surface area contributed by atoms with Gasteiger partial charge in [-0.3, -0.25) is 4.79 Å². The maximum Gasteiger partial charge on any atom is 0.257 e. The molecular weight excluding hydrogens is 468 g/mol. The fourth-order valence-corrected chi connectivity index (χ4v) is 4.16. The van der Waals surface area contributed by atoms with E-state index in [1.165, 1.54) is 6.26 Å². The van der Waals surface area contributed by atoms with E-state index >= 15 is 0 Å². The molecule has 0 radical (unpaired) electrons. The van der Waals surface area contributed by atoms with Gasteiger partial charge in [-0.05, 0) is 66.9 Å². The van der Waals surface area contributed by atoms with Crippen LogP contribution in [0.4, 0.5) is 5.69 Å². The van der Waals surface area contributed by atoms with Crippen LogP contribution in [-0.4, -0.2) is 46.2 Å². The Morgan fingerprint density at radius 1 is 1.40 bits per heavy atom. The molecule has 0 aliphatic heterocycles. The molecule has 7 nitrogen and oxygen atoms in total. The topological polar surface area (TPSA) is 84.2 Å². The molecule has 1 fully saturated rings. The summed E-state index contributed by atoms with van der Waals surface area (Å²) in [6.07, 6.45) is 4.89. The Morgan fingerprint density at radius 2 is 2.13 bits per heavy atom. The van der Waals surface area contributed by atoms with Crippen LogP contribution in [0.25, 0.3) is 0 Å². The third-order valence-corrected chi connectivity index (χ3v) is 6.87. The van der Waals surface area contributed by atoms with Gasteiger partial charge in [0, 0.05) is 25.8 Å². The largest absolute Gasteiger partial charge is 0.438 e. The summed E-state index contributed by atoms with van der Waals surface area (Å²) in [5.41, 5.74) is 1.45. The summed E-state index contributed by atoms with van der Waals surface area (Å²) in [4.78, 5) is 23.3. The zero-order valence-electron chi connectivity index (χ0n) is 17.5. The highest BCUT2D eigenvalue weighted by atomic mass is 79.9. The van der Waals surface area contributed by atoms with Crippen LogP contribution in [0.5, 0.6) is 11.6 Å². The molecule has 1 amide bonds. The Labute approximate surface area is 185 Å². The molecule has 1 aliphatic rings. The van der Waals surface area contributed by atoms with E-state index in [1.54, 1.807) is 30.6 Å². The van der Waals surface area contributed by atoms with E-state index in [-0.39, 0.29) is 11.8 Å². The van der Waals surface area contributed by atoms with Crippen molar-refractivity contribution in [3.63, 3.8) is 0 Å². The maximum absolute atomic E-state index is 13.0. The number of carbonyl (C=O) groups is 1. The molecule has 2 aromatic rings. The fourth-order valence-electron chi connectivity index (χ4n) is 2.51. The zero-order chi connectivity index (χ0) is 21.9. The van der Waals surface area contributed by atoms with E-state index in [0.717, 1.165) is 30.8 Å². The fraction of sp³-hybridized carbons (Fsp3) is 0.381. The highest BCUT2D eigenvalue weighted by Crippen LogP contribution is 2.34. The number of nitrogens with zero attached hydrogens (tertiary/aromatic N) is 4.